The van der Waals surface area contributed by atoms with E-state index in [4.69, 9.17) is 37.1 Å². The average Bonchev–Trinajstić information content (AvgIpc) is 2.89. The first-order chi connectivity index (χ1) is 17.5. The van der Waals surface area contributed by atoms with Crippen molar-refractivity contribution < 1.29 is 19.0 Å². The molecule has 1 N–H and O–H groups in total. The van der Waals surface area contributed by atoms with Crippen molar-refractivity contribution in [3.8, 4) is 28.6 Å². The molecule has 5 nitrogen and oxygen atoms in total. The lowest BCUT2D eigenvalue weighted by Crippen LogP contribution is -2.05. The van der Waals surface area contributed by atoms with E-state index < -0.39 is 5.43 Å². The lowest BCUT2D eigenvalue weighted by molar-refractivity contribution is 0.235. The molecule has 4 aromatic carbocycles. The Morgan fingerprint density at radius 3 is 1.94 bits per heavy atom. The van der Waals surface area contributed by atoms with Crippen LogP contribution in [0.5, 0.6) is 17.4 Å². The zero-order valence-corrected chi connectivity index (χ0v) is 20.4. The molecule has 7 heteroatoms. The summed E-state index contributed by atoms with van der Waals surface area (Å²) in [5, 5.41) is 12.4. The molecule has 1 aromatic heterocycles. The van der Waals surface area contributed by atoms with Crippen molar-refractivity contribution in [1.82, 2.24) is 0 Å². The molecule has 36 heavy (non-hydrogen) atoms. The predicted octanol–water partition coefficient (Wildman–Crippen LogP) is 7.63. The number of hydrogen-bond acceptors (Lipinski definition) is 5. The molecule has 1 heterocycles. The highest BCUT2D eigenvalue weighted by Gasteiger charge is 2.20. The monoisotopic (exact) mass is 518 g/mol. The molecule has 5 rings (SSSR count). The van der Waals surface area contributed by atoms with Crippen molar-refractivity contribution in [3.63, 3.8) is 0 Å². The summed E-state index contributed by atoms with van der Waals surface area (Å²) in [6.07, 6.45) is 0. The zero-order chi connectivity index (χ0) is 25.1. The van der Waals surface area contributed by atoms with Gasteiger partial charge >= 0.3 is 0 Å². The Hall–Kier alpha value is -3.93. The molecule has 0 bridgehead atoms. The van der Waals surface area contributed by atoms with Gasteiger partial charge < -0.3 is 19.0 Å². The maximum atomic E-state index is 13.0. The molecule has 0 amide bonds. The van der Waals surface area contributed by atoms with Crippen molar-refractivity contribution in [2.75, 3.05) is 0 Å². The maximum absolute atomic E-state index is 13.0. The first-order valence-corrected chi connectivity index (χ1v) is 11.9. The molecule has 5 aromatic rings. The van der Waals surface area contributed by atoms with Crippen molar-refractivity contribution >= 4 is 34.2 Å². The summed E-state index contributed by atoms with van der Waals surface area (Å²) in [5.74, 6) is -0.0696. The van der Waals surface area contributed by atoms with Crippen molar-refractivity contribution in [2.24, 2.45) is 0 Å². The molecule has 0 saturated carbocycles. The first kappa shape index (κ1) is 23.8. The predicted molar refractivity (Wildman–Crippen MR) is 141 cm³/mol. The third-order valence-corrected chi connectivity index (χ3v) is 6.10. The Labute approximate surface area is 217 Å². The Balaban J connectivity index is 1.54. The van der Waals surface area contributed by atoms with E-state index in [1.807, 2.05) is 54.6 Å². The van der Waals surface area contributed by atoms with Crippen LogP contribution in [0, 0.1) is 0 Å². The lowest BCUT2D eigenvalue weighted by Gasteiger charge is -2.16. The number of phenolic OH excluding ortho intramolecular Hbond substituents is 1. The van der Waals surface area contributed by atoms with E-state index >= 15 is 0 Å². The van der Waals surface area contributed by atoms with E-state index in [1.54, 1.807) is 30.3 Å². The largest absolute Gasteiger partial charge is 0.504 e. The van der Waals surface area contributed by atoms with Gasteiger partial charge in [0.1, 0.15) is 24.2 Å². The van der Waals surface area contributed by atoms with E-state index in [2.05, 4.69) is 0 Å². The molecule has 0 fully saturated rings. The van der Waals surface area contributed by atoms with Crippen LogP contribution in [0.3, 0.4) is 0 Å². The topological polar surface area (TPSA) is 68.9 Å². The molecule has 0 radical (unpaired) electrons. The van der Waals surface area contributed by atoms with Crippen LogP contribution in [0.4, 0.5) is 0 Å². The van der Waals surface area contributed by atoms with Gasteiger partial charge in [0, 0.05) is 15.6 Å². The number of aromatic hydroxyl groups is 1. The van der Waals surface area contributed by atoms with Crippen LogP contribution in [0.15, 0.2) is 100 Å². The number of hydrogen-bond donors (Lipinski definition) is 1. The van der Waals surface area contributed by atoms with Gasteiger partial charge in [-0.2, -0.15) is 0 Å². The number of phenols is 1. The van der Waals surface area contributed by atoms with Gasteiger partial charge in [0.05, 0.1) is 6.07 Å². The fourth-order valence-corrected chi connectivity index (χ4v) is 4.03. The van der Waals surface area contributed by atoms with Crippen molar-refractivity contribution in [2.45, 2.75) is 13.2 Å². The maximum Gasteiger partial charge on any atom is 0.289 e. The van der Waals surface area contributed by atoms with Gasteiger partial charge in [-0.15, -0.1) is 0 Å². The van der Waals surface area contributed by atoms with Crippen LogP contribution in [-0.4, -0.2) is 5.11 Å². The molecule has 0 unspecified atom stereocenters. The molecule has 0 saturated heterocycles. The summed E-state index contributed by atoms with van der Waals surface area (Å²) in [7, 11) is 0. The van der Waals surface area contributed by atoms with Crippen LogP contribution >= 0.6 is 23.2 Å². The summed E-state index contributed by atoms with van der Waals surface area (Å²) < 4.78 is 17.6. The number of ether oxygens (including phenoxy) is 2. The van der Waals surface area contributed by atoms with E-state index in [-0.39, 0.29) is 41.6 Å². The van der Waals surface area contributed by atoms with Crippen LogP contribution in [0.25, 0.3) is 22.1 Å². The molecular formula is C29H20Cl2O5. The molecule has 180 valence electrons. The first-order valence-electron chi connectivity index (χ1n) is 11.1. The fraction of sp³-hybridized carbons (Fsp3) is 0.0690. The smallest absolute Gasteiger partial charge is 0.289 e. The number of fused-ring (bicyclic) bond motifs is 1. The number of halogens is 2. The average molecular weight is 519 g/mol. The lowest BCUT2D eigenvalue weighted by atomic mass is 10.0. The Morgan fingerprint density at radius 2 is 1.33 bits per heavy atom. The molecule has 0 spiro atoms. The van der Waals surface area contributed by atoms with E-state index in [9.17, 15) is 9.90 Å². The highest BCUT2D eigenvalue weighted by atomic mass is 35.5. The van der Waals surface area contributed by atoms with Gasteiger partial charge in [-0.25, -0.2) is 0 Å². The van der Waals surface area contributed by atoms with Crippen LogP contribution < -0.4 is 14.9 Å². The molecule has 0 aliphatic carbocycles. The van der Waals surface area contributed by atoms with Gasteiger partial charge in [0.25, 0.3) is 5.95 Å². The minimum atomic E-state index is -0.448. The van der Waals surface area contributed by atoms with Crippen LogP contribution in [0.1, 0.15) is 11.1 Å². The van der Waals surface area contributed by atoms with Crippen LogP contribution in [-0.2, 0) is 13.2 Å². The Morgan fingerprint density at radius 1 is 0.750 bits per heavy atom. The second-order valence-corrected chi connectivity index (χ2v) is 8.97. The highest BCUT2D eigenvalue weighted by Crippen LogP contribution is 2.43. The highest BCUT2D eigenvalue weighted by molar-refractivity contribution is 6.30. The van der Waals surface area contributed by atoms with E-state index in [0.717, 1.165) is 16.7 Å². The fourth-order valence-electron chi connectivity index (χ4n) is 3.78. The summed E-state index contributed by atoms with van der Waals surface area (Å²) >= 11 is 11.9. The molecule has 0 atom stereocenters. The number of rotatable bonds is 7. The molecule has 0 aliphatic heterocycles. The summed E-state index contributed by atoms with van der Waals surface area (Å²) in [4.78, 5) is 13.0. The standard InChI is InChI=1S/C29H20Cl2O5/c30-21-10-6-18(7-11-21)16-34-26-15-24(32)27-25(36-26)14-23(20-4-2-1-3-5-20)29(28(27)33)35-17-19-8-12-22(31)13-9-19/h1-15,33H,16-17H2. The van der Waals surface area contributed by atoms with E-state index in [1.165, 1.54) is 6.07 Å². The zero-order valence-electron chi connectivity index (χ0n) is 18.9. The second-order valence-electron chi connectivity index (χ2n) is 8.10. The minimum absolute atomic E-state index is 0.0135. The summed E-state index contributed by atoms with van der Waals surface area (Å²) in [5.41, 5.74) is 2.82. The van der Waals surface area contributed by atoms with Gasteiger partial charge in [0.2, 0.25) is 5.43 Å². The van der Waals surface area contributed by atoms with Gasteiger partial charge in [-0.3, -0.25) is 4.79 Å². The van der Waals surface area contributed by atoms with Gasteiger partial charge in [0.15, 0.2) is 11.5 Å². The van der Waals surface area contributed by atoms with Gasteiger partial charge in [-0.1, -0.05) is 77.8 Å². The quantitative estimate of drug-likeness (QED) is 0.240. The third kappa shape index (κ3) is 5.18. The Bertz CT molecular complexity index is 1560. The molecule has 0 aliphatic rings. The minimum Gasteiger partial charge on any atom is -0.504 e. The Kier molecular flexibility index (Phi) is 6.85. The third-order valence-electron chi connectivity index (χ3n) is 5.60. The van der Waals surface area contributed by atoms with Gasteiger partial charge in [-0.05, 0) is 47.0 Å². The SMILES string of the molecule is O=c1cc(OCc2ccc(Cl)cc2)oc2cc(-c3ccccc3)c(OCc3ccc(Cl)cc3)c(O)c12. The van der Waals surface area contributed by atoms with Crippen LogP contribution in [0.2, 0.25) is 10.0 Å². The summed E-state index contributed by atoms with van der Waals surface area (Å²) in [6.45, 7) is 0.356. The van der Waals surface area contributed by atoms with E-state index in [0.29, 0.717) is 15.6 Å². The number of benzene rings is 4. The molecular weight excluding hydrogens is 499 g/mol. The summed E-state index contributed by atoms with van der Waals surface area (Å²) in [6, 6.07) is 26.7. The van der Waals surface area contributed by atoms with Crippen molar-refractivity contribution in [1.29, 1.82) is 0 Å². The normalized spacial score (nSPS) is 10.9. The van der Waals surface area contributed by atoms with Crippen molar-refractivity contribution in [3.05, 3.63) is 122 Å². The second kappa shape index (κ2) is 10.4.